The van der Waals surface area contributed by atoms with E-state index >= 15 is 0 Å². The first kappa shape index (κ1) is 89.1. The molecule has 0 saturated heterocycles. The summed E-state index contributed by atoms with van der Waals surface area (Å²) in [6.45, 7) is 38.3. The minimum Gasteiger partial charge on any atom is -0.341 e. The molecule has 0 bridgehead atoms. The van der Waals surface area contributed by atoms with Crippen molar-refractivity contribution in [3.63, 3.8) is 0 Å². The summed E-state index contributed by atoms with van der Waals surface area (Å²) < 4.78 is 7.81. The minimum absolute atomic E-state index is 0.356. The monoisotopic (exact) mass is 1600 g/mol. The Hall–Kier alpha value is -5.95. The van der Waals surface area contributed by atoms with Crippen LogP contribution in [0, 0.1) is 118 Å². The normalized spacial score (nSPS) is 9.52. The molecule has 0 spiro atoms. The third-order valence-corrected chi connectivity index (χ3v) is 21.3. The minimum atomic E-state index is 0.356. The maximum Gasteiger partial charge on any atom is 0.166 e. The van der Waals surface area contributed by atoms with E-state index in [1.54, 1.807) is 155 Å². The number of halogens is 4. The number of hydrogen-bond acceptors (Lipinski definition) is 23. The number of thiazole rings is 10. The number of aryl methyl sites for hydroxylation is 19. The average molecular weight is 1600 g/mol. The molecule has 13 heterocycles. The van der Waals surface area contributed by atoms with Gasteiger partial charge in [-0.25, -0.2) is 49.8 Å². The van der Waals surface area contributed by atoms with Crippen LogP contribution in [0.2, 0.25) is 20.6 Å². The number of benzene rings is 2. The fourth-order valence-electron chi connectivity index (χ4n) is 6.59. The van der Waals surface area contributed by atoms with E-state index in [1.165, 1.54) is 39.6 Å². The van der Waals surface area contributed by atoms with Crippen LogP contribution in [0.15, 0.2) is 131 Å². The van der Waals surface area contributed by atoms with E-state index in [2.05, 4.69) is 108 Å². The van der Waals surface area contributed by atoms with Gasteiger partial charge in [0, 0.05) is 116 Å². The molecule has 0 aliphatic carbocycles. The van der Waals surface area contributed by atoms with Crippen LogP contribution < -0.4 is 0 Å². The van der Waals surface area contributed by atoms with Crippen molar-refractivity contribution in [1.82, 2.24) is 78.5 Å². The largest absolute Gasteiger partial charge is 0.341 e. The van der Waals surface area contributed by atoms with E-state index in [4.69, 9.17) is 46.4 Å². The third kappa shape index (κ3) is 39.7. The van der Waals surface area contributed by atoms with Crippen LogP contribution in [0.5, 0.6) is 0 Å². The second-order valence-electron chi connectivity index (χ2n) is 20.0. The van der Waals surface area contributed by atoms with Gasteiger partial charge >= 0.3 is 0 Å². The van der Waals surface area contributed by atoms with Crippen molar-refractivity contribution in [3.8, 4) is 0 Å². The molecule has 99 heavy (non-hydrogen) atoms. The molecule has 532 valence electrons. The van der Waals surface area contributed by atoms with Crippen LogP contribution >= 0.6 is 160 Å². The molecular formula is C69H88Cl4N16S10. The van der Waals surface area contributed by atoms with Crippen LogP contribution in [-0.2, 0) is 21.1 Å². The molecule has 0 amide bonds. The number of fused-ring (bicyclic) bond motifs is 2. The van der Waals surface area contributed by atoms with Gasteiger partial charge in [-0.3, -0.25) is 15.0 Å². The summed E-state index contributed by atoms with van der Waals surface area (Å²) >= 11 is 39.3. The smallest absolute Gasteiger partial charge is 0.166 e. The fraction of sp³-hybridized carbons (Fsp3) is 0.319. The van der Waals surface area contributed by atoms with Gasteiger partial charge in [0.25, 0.3) is 0 Å². The topological polar surface area (TPSA) is 182 Å². The van der Waals surface area contributed by atoms with E-state index in [-0.39, 0.29) is 0 Å². The highest BCUT2D eigenvalue weighted by atomic mass is 35.5. The zero-order valence-electron chi connectivity index (χ0n) is 60.0. The third-order valence-electron chi connectivity index (χ3n) is 11.2. The molecular weight excluding hydrogens is 1520 g/mol. The molecule has 0 N–H and O–H groups in total. The van der Waals surface area contributed by atoms with Gasteiger partial charge in [-0.05, 0) is 142 Å². The van der Waals surface area contributed by atoms with Crippen molar-refractivity contribution < 1.29 is 0 Å². The molecule has 13 aromatic heterocycles. The lowest BCUT2D eigenvalue weighted by Crippen LogP contribution is -1.89. The summed E-state index contributed by atoms with van der Waals surface area (Å²) in [6.07, 6.45) is 14.4. The van der Waals surface area contributed by atoms with Crippen LogP contribution in [0.3, 0.4) is 0 Å². The molecule has 0 radical (unpaired) electrons. The molecule has 2 aromatic carbocycles. The highest BCUT2D eigenvalue weighted by Gasteiger charge is 2.06. The van der Waals surface area contributed by atoms with E-state index in [1.807, 2.05) is 212 Å². The molecule has 0 atom stereocenters. The number of nitrogens with zero attached hydrogens (tertiary/aromatic N) is 16. The number of hydrogen-bond donors (Lipinski definition) is 0. The van der Waals surface area contributed by atoms with E-state index < -0.39 is 0 Å². The van der Waals surface area contributed by atoms with Gasteiger partial charge in [0.05, 0.1) is 89.9 Å². The standard InChI is InChI=1S/2C8H7NS.C6H9NS.C5H6Cl2N2.4C5H7NS.C4H4Cl2N2.C4H6N2.3C4H5NS.C2H6/c2*1-6-9-7-4-2-3-5-8(7)10-6;1-4-5(2)8-6(3)7-4;1-3-8-4(6)5(7)9(3)2;2*1-4-3-7-5(2)6-4;2*1-4-3-6-5(2)7-4;1-8-2-7-3(5)4(8)6;1-6-3-2-5-4-6;1-4-2-6-3-5-4;1-4-2-5-3-6-4;1-4-5-2-3-6-4;1-2/h2*2-5H,1H3;1-3H3;1-2H3;4*3H,1-2H3;2H,1H3;2-4H,1H3;3*2-3H,1H3;1-2H3. The summed E-state index contributed by atoms with van der Waals surface area (Å²) in [6, 6.07) is 16.4. The average Bonchev–Trinajstić information content (AvgIpc) is 1.74. The quantitative estimate of drug-likeness (QED) is 0.140. The molecule has 0 saturated carbocycles. The number of rotatable bonds is 0. The lowest BCUT2D eigenvalue weighted by atomic mass is 10.3. The zero-order valence-corrected chi connectivity index (χ0v) is 71.1. The van der Waals surface area contributed by atoms with E-state index in [0.717, 1.165) is 69.0 Å². The fourth-order valence-corrected chi connectivity index (χ4v) is 13.7. The Morgan fingerprint density at radius 2 is 0.919 bits per heavy atom. The summed E-state index contributed by atoms with van der Waals surface area (Å²) in [5.41, 5.74) is 10.4. The van der Waals surface area contributed by atoms with Gasteiger partial charge in [0.1, 0.15) is 16.1 Å². The van der Waals surface area contributed by atoms with E-state index in [0.29, 0.717) is 20.6 Å². The van der Waals surface area contributed by atoms with Crippen molar-refractivity contribution in [2.24, 2.45) is 21.1 Å². The Labute approximate surface area is 644 Å². The van der Waals surface area contributed by atoms with Crippen molar-refractivity contribution in [2.45, 2.75) is 132 Å². The molecule has 0 aliphatic heterocycles. The summed E-state index contributed by atoms with van der Waals surface area (Å²) in [5.74, 6) is 0.824. The van der Waals surface area contributed by atoms with Crippen molar-refractivity contribution in [3.05, 3.63) is 240 Å². The van der Waals surface area contributed by atoms with Crippen molar-refractivity contribution >= 4 is 180 Å². The Balaban J connectivity index is 0.000000365. The van der Waals surface area contributed by atoms with Gasteiger partial charge < -0.3 is 13.7 Å². The summed E-state index contributed by atoms with van der Waals surface area (Å²) in [7, 11) is 5.53. The second kappa shape index (κ2) is 50.4. The Morgan fingerprint density at radius 1 is 0.394 bits per heavy atom. The summed E-state index contributed by atoms with van der Waals surface area (Å²) in [5, 5.41) is 19.0. The number of aromatic nitrogens is 16. The molecule has 15 rings (SSSR count). The number of imidazole rings is 3. The molecule has 0 aliphatic rings. The lowest BCUT2D eigenvalue weighted by molar-refractivity contribution is 0.859. The summed E-state index contributed by atoms with van der Waals surface area (Å²) in [4.78, 5) is 57.5. The van der Waals surface area contributed by atoms with Gasteiger partial charge in [-0.1, -0.05) is 84.5 Å². The number of para-hydroxylation sites is 2. The Kier molecular flexibility index (Phi) is 45.4. The van der Waals surface area contributed by atoms with Crippen LogP contribution in [-0.4, -0.2) is 78.5 Å². The molecule has 16 nitrogen and oxygen atoms in total. The van der Waals surface area contributed by atoms with Crippen LogP contribution in [0.4, 0.5) is 0 Å². The van der Waals surface area contributed by atoms with Crippen LogP contribution in [0.1, 0.15) is 102 Å². The maximum absolute atomic E-state index is 5.67. The highest BCUT2D eigenvalue weighted by Crippen LogP contribution is 2.23. The second-order valence-corrected chi connectivity index (χ2v) is 33.2. The van der Waals surface area contributed by atoms with Gasteiger partial charge in [-0.2, -0.15) is 0 Å². The first-order valence-corrected chi connectivity index (χ1v) is 40.3. The van der Waals surface area contributed by atoms with E-state index in [9.17, 15) is 0 Å². The maximum atomic E-state index is 5.67. The Bertz CT molecular complexity index is 3910. The first-order chi connectivity index (χ1) is 47.0. The highest BCUT2D eigenvalue weighted by molar-refractivity contribution is 7.19. The van der Waals surface area contributed by atoms with Crippen LogP contribution in [0.25, 0.3) is 20.4 Å². The predicted molar refractivity (Wildman–Crippen MR) is 438 cm³/mol. The molecule has 0 unspecified atom stereocenters. The van der Waals surface area contributed by atoms with Gasteiger partial charge in [0.15, 0.2) is 10.3 Å². The molecule has 30 heteroatoms. The van der Waals surface area contributed by atoms with Crippen molar-refractivity contribution in [2.75, 3.05) is 0 Å². The SMILES string of the molecule is CC.Cc1cnc(C)s1.Cc1cnc(C)s1.Cc1cncs1.Cc1csc(C)n1.Cc1csc(C)n1.Cc1cscn1.Cc1nc(C)c(C)s1.Cc1nc(Cl)c(Cl)n1C.Cc1nc2ccccc2s1.Cc1nc2ccccc2s1.Cc1nccs1.Cn1ccnc1.Cn1cnc(Cl)c1Cl. The predicted octanol–water partition coefficient (Wildman–Crippen LogP) is 23.9. The van der Waals surface area contributed by atoms with Crippen molar-refractivity contribution in [1.29, 1.82) is 0 Å². The lowest BCUT2D eigenvalue weighted by Gasteiger charge is -1.92. The molecule has 15 aromatic rings. The zero-order chi connectivity index (χ0) is 74.0. The van der Waals surface area contributed by atoms with Gasteiger partial charge in [-0.15, -0.1) is 113 Å². The van der Waals surface area contributed by atoms with Gasteiger partial charge in [0.2, 0.25) is 0 Å². The first-order valence-electron chi connectivity index (χ1n) is 30.2. The molecule has 0 fully saturated rings. The Morgan fingerprint density at radius 3 is 1.09 bits per heavy atom.